The van der Waals surface area contributed by atoms with Crippen LogP contribution in [-0.2, 0) is 9.53 Å². The number of carbonyl (C=O) groups is 2. The van der Waals surface area contributed by atoms with Crippen LogP contribution < -0.4 is 5.32 Å². The van der Waals surface area contributed by atoms with Crippen molar-refractivity contribution in [3.05, 3.63) is 48.6 Å². The van der Waals surface area contributed by atoms with Gasteiger partial charge < -0.3 is 10.1 Å². The third-order valence-corrected chi connectivity index (χ3v) is 2.53. The van der Waals surface area contributed by atoms with Gasteiger partial charge in [-0.2, -0.15) is 0 Å². The molecule has 0 aliphatic rings. The van der Waals surface area contributed by atoms with E-state index in [-0.39, 0.29) is 18.3 Å². The lowest BCUT2D eigenvalue weighted by atomic mass is 10.1. The highest BCUT2D eigenvalue weighted by Crippen LogP contribution is 2.00. The summed E-state index contributed by atoms with van der Waals surface area (Å²) in [5, 5.41) is 2.68. The molecule has 1 rings (SSSR count). The predicted octanol–water partition coefficient (Wildman–Crippen LogP) is 1.97. The first-order valence-electron chi connectivity index (χ1n) is 6.30. The van der Waals surface area contributed by atoms with Crippen LogP contribution >= 0.6 is 0 Å². The number of carbonyl (C=O) groups excluding carboxylic acids is 2. The zero-order valence-corrected chi connectivity index (χ0v) is 10.9. The number of ketones is 1. The Morgan fingerprint density at radius 3 is 2.63 bits per heavy atom. The van der Waals surface area contributed by atoms with E-state index in [9.17, 15) is 9.59 Å². The van der Waals surface area contributed by atoms with Gasteiger partial charge in [0.25, 0.3) is 0 Å². The number of hydrogen-bond acceptors (Lipinski definition) is 3. The van der Waals surface area contributed by atoms with Crippen LogP contribution in [0.3, 0.4) is 0 Å². The summed E-state index contributed by atoms with van der Waals surface area (Å²) in [6.07, 6.45) is 2.87. The molecule has 4 nitrogen and oxygen atoms in total. The Bertz CT molecular complexity index is 415. The van der Waals surface area contributed by atoms with Crippen LogP contribution in [0.15, 0.2) is 43.0 Å². The van der Waals surface area contributed by atoms with Crippen molar-refractivity contribution in [2.45, 2.75) is 12.8 Å². The Balaban J connectivity index is 2.04. The molecule has 0 saturated heterocycles. The molecular formula is C15H19NO3. The smallest absolute Gasteiger partial charge is 0.243 e. The number of Topliss-reactive ketones (excluding diaryl/α,β-unsaturated/α-hetero) is 1. The summed E-state index contributed by atoms with van der Waals surface area (Å²) in [7, 11) is 0. The number of rotatable bonds is 9. The van der Waals surface area contributed by atoms with Gasteiger partial charge in [-0.3, -0.25) is 9.59 Å². The number of hydrogen-bond donors (Lipinski definition) is 1. The first-order chi connectivity index (χ1) is 9.24. The molecule has 0 spiro atoms. The third-order valence-electron chi connectivity index (χ3n) is 2.53. The van der Waals surface area contributed by atoms with Crippen molar-refractivity contribution in [2.75, 3.05) is 19.8 Å². The van der Waals surface area contributed by atoms with E-state index in [4.69, 9.17) is 4.74 Å². The van der Waals surface area contributed by atoms with Gasteiger partial charge in [0.15, 0.2) is 5.78 Å². The SMILES string of the molecule is C=CC(=O)NCCCCOCC(=O)c1ccccc1. The average molecular weight is 261 g/mol. The molecule has 4 heteroatoms. The van der Waals surface area contributed by atoms with Crippen molar-refractivity contribution in [3.8, 4) is 0 Å². The Labute approximate surface area is 113 Å². The average Bonchev–Trinajstić information content (AvgIpc) is 2.46. The van der Waals surface area contributed by atoms with Crippen molar-refractivity contribution >= 4 is 11.7 Å². The van der Waals surface area contributed by atoms with Gasteiger partial charge in [-0.1, -0.05) is 36.9 Å². The Kier molecular flexibility index (Phi) is 7.20. The van der Waals surface area contributed by atoms with Gasteiger partial charge in [-0.25, -0.2) is 0 Å². The Morgan fingerprint density at radius 2 is 1.95 bits per heavy atom. The summed E-state index contributed by atoms with van der Waals surface area (Å²) in [6, 6.07) is 9.08. The molecule has 0 bridgehead atoms. The van der Waals surface area contributed by atoms with Gasteiger partial charge >= 0.3 is 0 Å². The van der Waals surface area contributed by atoms with Crippen LogP contribution in [0.1, 0.15) is 23.2 Å². The lowest BCUT2D eigenvalue weighted by Gasteiger charge is -2.04. The number of nitrogens with one attached hydrogen (secondary N) is 1. The minimum Gasteiger partial charge on any atom is -0.373 e. The molecule has 0 aromatic heterocycles. The second kappa shape index (κ2) is 9.05. The van der Waals surface area contributed by atoms with E-state index in [0.717, 1.165) is 12.8 Å². The van der Waals surface area contributed by atoms with Crippen LogP contribution in [0.25, 0.3) is 0 Å². The maximum Gasteiger partial charge on any atom is 0.243 e. The molecule has 0 heterocycles. The molecule has 0 radical (unpaired) electrons. The van der Waals surface area contributed by atoms with Crippen molar-refractivity contribution in [3.63, 3.8) is 0 Å². The molecule has 0 saturated carbocycles. The fourth-order valence-electron chi connectivity index (χ4n) is 1.49. The van der Waals surface area contributed by atoms with Gasteiger partial charge in [-0.15, -0.1) is 0 Å². The quantitative estimate of drug-likeness (QED) is 0.420. The monoisotopic (exact) mass is 261 g/mol. The number of amides is 1. The molecule has 1 amide bonds. The summed E-state index contributed by atoms with van der Waals surface area (Å²) in [6.45, 7) is 4.58. The van der Waals surface area contributed by atoms with E-state index in [1.54, 1.807) is 12.1 Å². The molecule has 0 aliphatic heterocycles. The molecule has 0 fully saturated rings. The topological polar surface area (TPSA) is 55.4 Å². The van der Waals surface area contributed by atoms with Crippen LogP contribution in [-0.4, -0.2) is 31.4 Å². The standard InChI is InChI=1S/C15H19NO3/c1-2-15(18)16-10-6-7-11-19-12-14(17)13-8-4-3-5-9-13/h2-5,8-9H,1,6-7,10-12H2,(H,16,18). The number of unbranched alkanes of at least 4 members (excludes halogenated alkanes) is 1. The van der Waals surface area contributed by atoms with Gasteiger partial charge in [-0.05, 0) is 18.9 Å². The summed E-state index contributed by atoms with van der Waals surface area (Å²) >= 11 is 0. The first kappa shape index (κ1) is 15.1. The van der Waals surface area contributed by atoms with Crippen LogP contribution in [0.2, 0.25) is 0 Å². The fourth-order valence-corrected chi connectivity index (χ4v) is 1.49. The van der Waals surface area contributed by atoms with E-state index >= 15 is 0 Å². The second-order valence-corrected chi connectivity index (χ2v) is 4.04. The maximum absolute atomic E-state index is 11.7. The fraction of sp³-hybridized carbons (Fsp3) is 0.333. The highest BCUT2D eigenvalue weighted by Gasteiger charge is 2.04. The first-order valence-corrected chi connectivity index (χ1v) is 6.30. The molecule has 0 aliphatic carbocycles. The molecule has 1 N–H and O–H groups in total. The van der Waals surface area contributed by atoms with E-state index in [1.165, 1.54) is 6.08 Å². The lowest BCUT2D eigenvalue weighted by molar-refractivity contribution is -0.116. The number of ether oxygens (including phenoxy) is 1. The molecule has 0 atom stereocenters. The highest BCUT2D eigenvalue weighted by molar-refractivity contribution is 5.96. The molecule has 1 aromatic carbocycles. The summed E-state index contributed by atoms with van der Waals surface area (Å²) in [5.74, 6) is -0.180. The highest BCUT2D eigenvalue weighted by atomic mass is 16.5. The third kappa shape index (κ3) is 6.52. The van der Waals surface area contributed by atoms with Crippen molar-refractivity contribution in [1.29, 1.82) is 0 Å². The van der Waals surface area contributed by atoms with Crippen LogP contribution in [0.4, 0.5) is 0 Å². The van der Waals surface area contributed by atoms with Gasteiger partial charge in [0.2, 0.25) is 5.91 Å². The molecule has 19 heavy (non-hydrogen) atoms. The van der Waals surface area contributed by atoms with E-state index in [1.807, 2.05) is 18.2 Å². The van der Waals surface area contributed by atoms with Gasteiger partial charge in [0.1, 0.15) is 6.61 Å². The van der Waals surface area contributed by atoms with Crippen molar-refractivity contribution in [1.82, 2.24) is 5.32 Å². The zero-order chi connectivity index (χ0) is 13.9. The summed E-state index contributed by atoms with van der Waals surface area (Å²) in [5.41, 5.74) is 0.667. The van der Waals surface area contributed by atoms with E-state index < -0.39 is 0 Å². The normalized spacial score (nSPS) is 9.89. The van der Waals surface area contributed by atoms with Crippen molar-refractivity contribution < 1.29 is 14.3 Å². The largest absolute Gasteiger partial charge is 0.373 e. The molecule has 102 valence electrons. The van der Waals surface area contributed by atoms with Crippen LogP contribution in [0.5, 0.6) is 0 Å². The summed E-state index contributed by atoms with van der Waals surface area (Å²) < 4.78 is 5.30. The number of benzene rings is 1. The molecule has 1 aromatic rings. The van der Waals surface area contributed by atoms with E-state index in [2.05, 4.69) is 11.9 Å². The summed E-state index contributed by atoms with van der Waals surface area (Å²) in [4.78, 5) is 22.5. The zero-order valence-electron chi connectivity index (χ0n) is 10.9. The van der Waals surface area contributed by atoms with Crippen molar-refractivity contribution in [2.24, 2.45) is 0 Å². The minimum atomic E-state index is -0.167. The van der Waals surface area contributed by atoms with Crippen LogP contribution in [0, 0.1) is 0 Å². The maximum atomic E-state index is 11.7. The van der Waals surface area contributed by atoms with Gasteiger partial charge in [0.05, 0.1) is 0 Å². The molecular weight excluding hydrogens is 242 g/mol. The Morgan fingerprint density at radius 1 is 1.21 bits per heavy atom. The minimum absolute atomic E-state index is 0.0134. The van der Waals surface area contributed by atoms with Gasteiger partial charge in [0, 0.05) is 18.7 Å². The molecule has 0 unspecified atom stereocenters. The lowest BCUT2D eigenvalue weighted by Crippen LogP contribution is -2.22. The predicted molar refractivity (Wildman–Crippen MR) is 74.0 cm³/mol. The second-order valence-electron chi connectivity index (χ2n) is 4.04. The van der Waals surface area contributed by atoms with E-state index in [0.29, 0.717) is 18.7 Å². The Hall–Kier alpha value is -1.94.